The fourth-order valence-electron chi connectivity index (χ4n) is 7.63. The van der Waals surface area contributed by atoms with Gasteiger partial charge in [-0.15, -0.1) is 0 Å². The van der Waals surface area contributed by atoms with E-state index in [0.717, 1.165) is 88.6 Å². The van der Waals surface area contributed by atoms with Crippen LogP contribution in [-0.4, -0.2) is 19.6 Å². The molecular weight excluding hydrogens is 621 g/mol. The van der Waals surface area contributed by atoms with Crippen LogP contribution < -0.4 is 0 Å². The molecule has 0 radical (unpaired) electrons. The van der Waals surface area contributed by atoms with Gasteiger partial charge in [0.25, 0.3) is 0 Å². The first-order valence-electron chi connectivity index (χ1n) is 17.2. The number of fused-ring (bicyclic) bond motifs is 6. The van der Waals surface area contributed by atoms with Crippen molar-refractivity contribution in [3.63, 3.8) is 0 Å². The van der Waals surface area contributed by atoms with E-state index < -0.39 is 0 Å². The van der Waals surface area contributed by atoms with Crippen LogP contribution in [0.4, 0.5) is 0 Å². The molecule has 0 atom stereocenters. The summed E-state index contributed by atoms with van der Waals surface area (Å²) < 4.78 is 2.20. The van der Waals surface area contributed by atoms with Crippen molar-refractivity contribution < 1.29 is 0 Å². The minimum absolute atomic E-state index is 0.916. The number of rotatable bonds is 5. The van der Waals surface area contributed by atoms with Gasteiger partial charge in [-0.3, -0.25) is 9.97 Å². The van der Waals surface area contributed by atoms with Crippen LogP contribution in [0.15, 0.2) is 182 Å². The van der Waals surface area contributed by atoms with Gasteiger partial charge < -0.3 is 0 Å². The van der Waals surface area contributed by atoms with Crippen LogP contribution in [0, 0.1) is 0 Å². The molecule has 0 aliphatic rings. The van der Waals surface area contributed by atoms with E-state index >= 15 is 0 Å². The fourth-order valence-corrected chi connectivity index (χ4v) is 7.63. The lowest BCUT2D eigenvalue weighted by Crippen LogP contribution is -2.00. The van der Waals surface area contributed by atoms with Gasteiger partial charge in [-0.2, -0.15) is 5.10 Å². The first-order valence-corrected chi connectivity index (χ1v) is 17.2. The molecule has 6 aromatic carbocycles. The highest BCUT2D eigenvalue weighted by Crippen LogP contribution is 2.46. The molecular formula is C47H30N4. The third-order valence-electron chi connectivity index (χ3n) is 9.89. The second-order valence-electron chi connectivity index (χ2n) is 12.8. The van der Waals surface area contributed by atoms with Crippen LogP contribution in [0.2, 0.25) is 0 Å². The van der Waals surface area contributed by atoms with E-state index in [1.165, 1.54) is 5.39 Å². The molecule has 0 amide bonds. The molecule has 0 N–H and O–H groups in total. The predicted octanol–water partition coefficient (Wildman–Crippen LogP) is 11.9. The van der Waals surface area contributed by atoms with Crippen LogP contribution in [0.3, 0.4) is 0 Å². The number of hydrogen-bond donors (Lipinski definition) is 0. The quantitative estimate of drug-likeness (QED) is 0.174. The maximum Gasteiger partial charge on any atom is 0.101 e. The van der Waals surface area contributed by atoms with Gasteiger partial charge in [0, 0.05) is 50.8 Å². The lowest BCUT2D eigenvalue weighted by molar-refractivity contribution is 0.981. The van der Waals surface area contributed by atoms with Crippen molar-refractivity contribution in [2.75, 3.05) is 0 Å². The zero-order chi connectivity index (χ0) is 33.7. The monoisotopic (exact) mass is 650 g/mol. The third kappa shape index (κ3) is 4.72. The summed E-state index contributed by atoms with van der Waals surface area (Å²) >= 11 is 0. The van der Waals surface area contributed by atoms with E-state index in [2.05, 4.69) is 167 Å². The predicted molar refractivity (Wildman–Crippen MR) is 210 cm³/mol. The molecule has 10 aromatic rings. The van der Waals surface area contributed by atoms with E-state index in [0.29, 0.717) is 0 Å². The zero-order valence-electron chi connectivity index (χ0n) is 27.6. The van der Waals surface area contributed by atoms with Gasteiger partial charge in [0.1, 0.15) is 5.69 Å². The normalized spacial score (nSPS) is 11.5. The maximum absolute atomic E-state index is 5.50. The van der Waals surface area contributed by atoms with E-state index in [9.17, 15) is 0 Å². The minimum atomic E-state index is 0.916. The Kier molecular flexibility index (Phi) is 6.78. The Bertz CT molecular complexity index is 2880. The first kappa shape index (κ1) is 29.0. The van der Waals surface area contributed by atoms with Gasteiger partial charge in [-0.05, 0) is 45.8 Å². The molecule has 0 unspecified atom stereocenters. The lowest BCUT2D eigenvalue weighted by atomic mass is 9.90. The van der Waals surface area contributed by atoms with Crippen molar-refractivity contribution in [3.05, 3.63) is 182 Å². The van der Waals surface area contributed by atoms with Crippen molar-refractivity contribution >= 4 is 38.1 Å². The van der Waals surface area contributed by atoms with Crippen molar-refractivity contribution in [2.24, 2.45) is 0 Å². The van der Waals surface area contributed by atoms with Gasteiger partial charge in [0.2, 0.25) is 0 Å². The van der Waals surface area contributed by atoms with Gasteiger partial charge in [0.15, 0.2) is 0 Å². The lowest BCUT2D eigenvalue weighted by Gasteiger charge is -2.18. The fraction of sp³-hybridized carbons (Fsp3) is 0. The van der Waals surface area contributed by atoms with Crippen molar-refractivity contribution in [1.29, 1.82) is 0 Å². The van der Waals surface area contributed by atoms with Crippen LogP contribution in [0.1, 0.15) is 0 Å². The number of benzene rings is 6. The second kappa shape index (κ2) is 11.9. The van der Waals surface area contributed by atoms with Crippen molar-refractivity contribution in [3.8, 4) is 55.9 Å². The number of pyridine rings is 3. The highest BCUT2D eigenvalue weighted by Gasteiger charge is 2.25. The Labute approximate surface area is 295 Å². The summed E-state index contributed by atoms with van der Waals surface area (Å²) in [7, 11) is 0. The van der Waals surface area contributed by atoms with Gasteiger partial charge in [-0.1, -0.05) is 152 Å². The molecule has 0 bridgehead atoms. The van der Waals surface area contributed by atoms with E-state index in [1.807, 2.05) is 24.5 Å². The second-order valence-corrected chi connectivity index (χ2v) is 12.8. The molecule has 0 saturated carbocycles. The summed E-state index contributed by atoms with van der Waals surface area (Å²) in [6.07, 6.45) is 3.68. The van der Waals surface area contributed by atoms with Crippen molar-refractivity contribution in [2.45, 2.75) is 0 Å². The average Bonchev–Trinajstić information content (AvgIpc) is 3.62. The number of aromatic nitrogens is 4. The third-order valence-corrected chi connectivity index (χ3v) is 9.89. The summed E-state index contributed by atoms with van der Waals surface area (Å²) in [5, 5.41) is 10.0. The number of hydrogen-bond acceptors (Lipinski definition) is 3. The van der Waals surface area contributed by atoms with E-state index in [1.54, 1.807) is 0 Å². The van der Waals surface area contributed by atoms with Crippen molar-refractivity contribution in [1.82, 2.24) is 19.6 Å². The summed E-state index contributed by atoms with van der Waals surface area (Å²) in [4.78, 5) is 9.42. The van der Waals surface area contributed by atoms with E-state index in [4.69, 9.17) is 10.1 Å². The molecule has 4 heterocycles. The highest BCUT2D eigenvalue weighted by molar-refractivity contribution is 6.15. The van der Waals surface area contributed by atoms with Crippen LogP contribution in [-0.2, 0) is 0 Å². The molecule has 0 aliphatic carbocycles. The summed E-state index contributed by atoms with van der Waals surface area (Å²) in [5.74, 6) is 0. The molecule has 0 aliphatic heterocycles. The molecule has 238 valence electrons. The van der Waals surface area contributed by atoms with Crippen LogP contribution >= 0.6 is 0 Å². The average molecular weight is 651 g/mol. The summed E-state index contributed by atoms with van der Waals surface area (Å²) in [6, 6.07) is 60.1. The van der Waals surface area contributed by atoms with Crippen LogP contribution in [0.5, 0.6) is 0 Å². The molecule has 4 nitrogen and oxygen atoms in total. The molecule has 0 spiro atoms. The molecule has 0 fully saturated rings. The maximum atomic E-state index is 5.50. The Morgan fingerprint density at radius 2 is 0.941 bits per heavy atom. The molecule has 0 saturated heterocycles. The molecule has 4 aromatic heterocycles. The summed E-state index contributed by atoms with van der Waals surface area (Å²) in [6.45, 7) is 0. The Balaban J connectivity index is 1.28. The molecule has 10 rings (SSSR count). The summed E-state index contributed by atoms with van der Waals surface area (Å²) in [5.41, 5.74) is 13.9. The van der Waals surface area contributed by atoms with Gasteiger partial charge in [-0.25, -0.2) is 4.52 Å². The Hall–Kier alpha value is -6.91. The Morgan fingerprint density at radius 1 is 0.392 bits per heavy atom. The zero-order valence-corrected chi connectivity index (χ0v) is 27.6. The molecule has 51 heavy (non-hydrogen) atoms. The van der Waals surface area contributed by atoms with Crippen LogP contribution in [0.25, 0.3) is 94.0 Å². The topological polar surface area (TPSA) is 43.1 Å². The molecule has 4 heteroatoms. The first-order chi connectivity index (χ1) is 25.3. The van der Waals surface area contributed by atoms with Gasteiger partial charge >= 0.3 is 0 Å². The largest absolute Gasteiger partial charge is 0.254 e. The highest BCUT2D eigenvalue weighted by atomic mass is 15.2. The standard InChI is InChI=1S/C47H30N4/c1-4-14-32(15-5-1)42-43(34-16-6-2-7-17-34)50-51-46(35-18-8-3-9-19-35)41(37-21-10-11-22-39(37)47(42)51)33-26-24-31(25-27-33)40-30-36-20-12-28-48-44(36)45-38(40)23-13-29-49-45/h1-30H. The van der Waals surface area contributed by atoms with E-state index in [-0.39, 0.29) is 0 Å². The van der Waals surface area contributed by atoms with Gasteiger partial charge in [0.05, 0.1) is 22.2 Å². The minimum Gasteiger partial charge on any atom is -0.254 e. The Morgan fingerprint density at radius 3 is 1.67 bits per heavy atom. The SMILES string of the molecule is c1ccc(-c2nn3c(-c4ccccc4)c(-c4ccc(-c5cc6cccnc6c6ncccc56)cc4)c4ccccc4c3c2-c2ccccc2)cc1. The number of nitrogens with zero attached hydrogens (tertiary/aromatic N) is 4. The smallest absolute Gasteiger partial charge is 0.101 e.